The highest BCUT2D eigenvalue weighted by Crippen LogP contribution is 2.30. The van der Waals surface area contributed by atoms with Gasteiger partial charge in [0.05, 0.1) is 16.8 Å². The van der Waals surface area contributed by atoms with Crippen molar-refractivity contribution in [1.29, 1.82) is 0 Å². The smallest absolute Gasteiger partial charge is 0.256 e. The summed E-state index contributed by atoms with van der Waals surface area (Å²) in [6.07, 6.45) is 0. The number of anilines is 1. The molecule has 144 valence electrons. The van der Waals surface area contributed by atoms with Crippen LogP contribution in [-0.4, -0.2) is 10.9 Å². The molecular weight excluding hydrogens is 516 g/mol. The van der Waals surface area contributed by atoms with Gasteiger partial charge in [0.1, 0.15) is 0 Å². The molecular formula is C23H15Br2ClN2O. The number of amides is 1. The standard InChI is InChI=1S/C23H15Br2ClN2O/c1-13-9-16(25)10-19-20(23(29)27-18-4-2-3-17(26)11-18)12-21(28-22(13)19)14-5-7-15(24)8-6-14/h2-12H,1H3,(H,27,29). The molecule has 0 spiro atoms. The zero-order valence-corrected chi connectivity index (χ0v) is 19.3. The zero-order valence-electron chi connectivity index (χ0n) is 15.3. The van der Waals surface area contributed by atoms with Crippen LogP contribution in [0.4, 0.5) is 5.69 Å². The third-order valence-electron chi connectivity index (χ3n) is 4.54. The predicted molar refractivity (Wildman–Crippen MR) is 127 cm³/mol. The molecule has 0 saturated carbocycles. The van der Waals surface area contributed by atoms with Gasteiger partial charge in [-0.3, -0.25) is 4.79 Å². The summed E-state index contributed by atoms with van der Waals surface area (Å²) in [5.41, 5.74) is 4.66. The number of hydrogen-bond acceptors (Lipinski definition) is 2. The Morgan fingerprint density at radius 3 is 2.45 bits per heavy atom. The van der Waals surface area contributed by atoms with E-state index in [9.17, 15) is 4.79 Å². The Hall–Kier alpha value is -2.21. The first kappa shape index (κ1) is 20.1. The predicted octanol–water partition coefficient (Wildman–Crippen LogP) is 7.64. The molecule has 0 aliphatic heterocycles. The lowest BCUT2D eigenvalue weighted by Crippen LogP contribution is -2.13. The van der Waals surface area contributed by atoms with Crippen LogP contribution in [0.3, 0.4) is 0 Å². The number of nitrogens with one attached hydrogen (secondary N) is 1. The lowest BCUT2D eigenvalue weighted by molar-refractivity contribution is 0.102. The van der Waals surface area contributed by atoms with Crippen LogP contribution >= 0.6 is 43.5 Å². The fraction of sp³-hybridized carbons (Fsp3) is 0.0435. The highest BCUT2D eigenvalue weighted by Gasteiger charge is 2.16. The van der Waals surface area contributed by atoms with Crippen molar-refractivity contribution in [3.8, 4) is 11.3 Å². The van der Waals surface area contributed by atoms with Crippen molar-refractivity contribution in [3.63, 3.8) is 0 Å². The van der Waals surface area contributed by atoms with E-state index < -0.39 is 0 Å². The number of hydrogen-bond donors (Lipinski definition) is 1. The third-order valence-corrected chi connectivity index (χ3v) is 5.76. The fourth-order valence-corrected chi connectivity index (χ4v) is 4.20. The minimum Gasteiger partial charge on any atom is -0.322 e. The molecule has 0 saturated heterocycles. The maximum Gasteiger partial charge on any atom is 0.256 e. The van der Waals surface area contributed by atoms with E-state index in [0.717, 1.165) is 36.7 Å². The van der Waals surface area contributed by atoms with Gasteiger partial charge < -0.3 is 5.32 Å². The van der Waals surface area contributed by atoms with Crippen LogP contribution in [0.1, 0.15) is 15.9 Å². The topological polar surface area (TPSA) is 42.0 Å². The molecule has 0 aliphatic carbocycles. The molecule has 1 amide bonds. The van der Waals surface area contributed by atoms with Crippen LogP contribution in [-0.2, 0) is 0 Å². The van der Waals surface area contributed by atoms with E-state index in [0.29, 0.717) is 16.3 Å². The molecule has 6 heteroatoms. The summed E-state index contributed by atoms with van der Waals surface area (Å²) in [7, 11) is 0. The summed E-state index contributed by atoms with van der Waals surface area (Å²) in [4.78, 5) is 18.0. The van der Waals surface area contributed by atoms with Crippen LogP contribution in [0, 0.1) is 6.92 Å². The van der Waals surface area contributed by atoms with Crippen molar-refractivity contribution < 1.29 is 4.79 Å². The van der Waals surface area contributed by atoms with Crippen LogP contribution in [0.2, 0.25) is 5.02 Å². The number of halogens is 3. The SMILES string of the molecule is Cc1cc(Br)cc2c(C(=O)Nc3cccc(Cl)c3)cc(-c3ccc(Br)cc3)nc12. The molecule has 1 heterocycles. The second-order valence-corrected chi connectivity index (χ2v) is 8.91. The van der Waals surface area contributed by atoms with Gasteiger partial charge in [0.15, 0.2) is 0 Å². The van der Waals surface area contributed by atoms with Gasteiger partial charge in [-0.15, -0.1) is 0 Å². The Morgan fingerprint density at radius 2 is 1.72 bits per heavy atom. The molecule has 3 nitrogen and oxygen atoms in total. The number of aromatic nitrogens is 1. The van der Waals surface area contributed by atoms with E-state index in [1.807, 2.05) is 55.5 Å². The van der Waals surface area contributed by atoms with E-state index in [2.05, 4.69) is 37.2 Å². The van der Waals surface area contributed by atoms with E-state index >= 15 is 0 Å². The first-order valence-corrected chi connectivity index (χ1v) is 10.8. The second-order valence-electron chi connectivity index (χ2n) is 6.65. The Balaban J connectivity index is 1.88. The van der Waals surface area contributed by atoms with E-state index in [-0.39, 0.29) is 5.91 Å². The number of aryl methyl sites for hydroxylation is 1. The summed E-state index contributed by atoms with van der Waals surface area (Å²) in [6, 6.07) is 20.7. The number of rotatable bonds is 3. The Labute approximate surface area is 190 Å². The van der Waals surface area contributed by atoms with E-state index in [4.69, 9.17) is 16.6 Å². The lowest BCUT2D eigenvalue weighted by Gasteiger charge is -2.13. The number of nitrogens with zero attached hydrogens (tertiary/aromatic N) is 1. The minimum absolute atomic E-state index is 0.212. The monoisotopic (exact) mass is 528 g/mol. The molecule has 0 fully saturated rings. The van der Waals surface area contributed by atoms with Crippen LogP contribution in [0.5, 0.6) is 0 Å². The van der Waals surface area contributed by atoms with Gasteiger partial charge in [-0.1, -0.05) is 61.7 Å². The Morgan fingerprint density at radius 1 is 0.966 bits per heavy atom. The molecule has 4 rings (SSSR count). The summed E-state index contributed by atoms with van der Waals surface area (Å²) >= 11 is 13.0. The maximum atomic E-state index is 13.2. The molecule has 0 radical (unpaired) electrons. The number of benzene rings is 3. The molecule has 0 aliphatic rings. The van der Waals surface area contributed by atoms with Gasteiger partial charge in [0.2, 0.25) is 0 Å². The van der Waals surface area contributed by atoms with Gasteiger partial charge >= 0.3 is 0 Å². The largest absolute Gasteiger partial charge is 0.322 e. The summed E-state index contributed by atoms with van der Waals surface area (Å²) in [5.74, 6) is -0.212. The van der Waals surface area contributed by atoms with Crippen molar-refractivity contribution in [2.75, 3.05) is 5.32 Å². The molecule has 29 heavy (non-hydrogen) atoms. The minimum atomic E-state index is -0.212. The first-order chi connectivity index (χ1) is 13.9. The highest BCUT2D eigenvalue weighted by atomic mass is 79.9. The van der Waals surface area contributed by atoms with Gasteiger partial charge in [-0.2, -0.15) is 0 Å². The first-order valence-electron chi connectivity index (χ1n) is 8.84. The summed E-state index contributed by atoms with van der Waals surface area (Å²) < 4.78 is 1.89. The van der Waals surface area contributed by atoms with E-state index in [1.165, 1.54) is 0 Å². The average Bonchev–Trinajstić information content (AvgIpc) is 2.68. The van der Waals surface area contributed by atoms with Crippen molar-refractivity contribution in [2.45, 2.75) is 6.92 Å². The fourth-order valence-electron chi connectivity index (χ4n) is 3.18. The molecule has 0 bridgehead atoms. The molecule has 3 aromatic carbocycles. The lowest BCUT2D eigenvalue weighted by atomic mass is 10.0. The van der Waals surface area contributed by atoms with Crippen LogP contribution < -0.4 is 5.32 Å². The number of fused-ring (bicyclic) bond motifs is 1. The molecule has 1 aromatic heterocycles. The molecule has 1 N–H and O–H groups in total. The number of carbonyl (C=O) groups excluding carboxylic acids is 1. The van der Waals surface area contributed by atoms with Crippen molar-refractivity contribution in [1.82, 2.24) is 4.98 Å². The Bertz CT molecular complexity index is 1240. The van der Waals surface area contributed by atoms with Gasteiger partial charge in [0.25, 0.3) is 5.91 Å². The molecule has 0 atom stereocenters. The zero-order chi connectivity index (χ0) is 20.5. The normalized spacial score (nSPS) is 10.9. The Kier molecular flexibility index (Phi) is 5.72. The maximum absolute atomic E-state index is 13.2. The molecule has 4 aromatic rings. The van der Waals surface area contributed by atoms with E-state index in [1.54, 1.807) is 18.2 Å². The highest BCUT2D eigenvalue weighted by molar-refractivity contribution is 9.10. The van der Waals surface area contributed by atoms with Gasteiger partial charge in [0, 0.05) is 30.6 Å². The van der Waals surface area contributed by atoms with Crippen molar-refractivity contribution in [3.05, 3.63) is 91.8 Å². The van der Waals surface area contributed by atoms with Crippen LogP contribution in [0.25, 0.3) is 22.2 Å². The summed E-state index contributed by atoms with van der Waals surface area (Å²) in [5, 5.41) is 4.30. The van der Waals surface area contributed by atoms with Gasteiger partial charge in [-0.25, -0.2) is 4.98 Å². The summed E-state index contributed by atoms with van der Waals surface area (Å²) in [6.45, 7) is 1.99. The number of carbonyl (C=O) groups is 1. The third kappa shape index (κ3) is 4.37. The quantitative estimate of drug-likeness (QED) is 0.296. The number of pyridine rings is 1. The van der Waals surface area contributed by atoms with Crippen LogP contribution in [0.15, 0.2) is 75.7 Å². The van der Waals surface area contributed by atoms with Crippen molar-refractivity contribution in [2.24, 2.45) is 0 Å². The second kappa shape index (κ2) is 8.27. The van der Waals surface area contributed by atoms with Crippen molar-refractivity contribution >= 4 is 66.0 Å². The molecule has 0 unspecified atom stereocenters. The van der Waals surface area contributed by atoms with Gasteiger partial charge in [-0.05, 0) is 61.0 Å². The average molecular weight is 531 g/mol.